The third-order valence-corrected chi connectivity index (χ3v) is 2.78. The molecule has 2 aromatic rings. The second-order valence-electron chi connectivity index (χ2n) is 4.40. The average molecular weight is 264 g/mol. The summed E-state index contributed by atoms with van der Waals surface area (Å²) in [5.41, 5.74) is 1.19. The van der Waals surface area contributed by atoms with Gasteiger partial charge in [-0.3, -0.25) is 4.79 Å². The number of nitrogens with zero attached hydrogens (tertiary/aromatic N) is 1. The normalized spacial score (nSPS) is 10.9. The first-order chi connectivity index (χ1) is 8.47. The number of rotatable bonds is 3. The number of halogens is 1. The molecule has 0 unspecified atom stereocenters. The largest absolute Gasteiger partial charge is 0.491 e. The number of carbonyl (C=O) groups excluding carboxylic acids is 1. The lowest BCUT2D eigenvalue weighted by atomic mass is 10.1. The molecule has 0 aliphatic carbocycles. The maximum absolute atomic E-state index is 11.4. The number of benzene rings is 1. The Balaban J connectivity index is 2.54. The number of pyridine rings is 1. The second-order valence-corrected chi connectivity index (χ2v) is 4.76. The first-order valence-electron chi connectivity index (χ1n) is 5.75. The van der Waals surface area contributed by atoms with Gasteiger partial charge in [-0.05, 0) is 45.0 Å². The zero-order valence-corrected chi connectivity index (χ0v) is 11.3. The monoisotopic (exact) mass is 263 g/mol. The van der Waals surface area contributed by atoms with Crippen molar-refractivity contribution >= 4 is 28.3 Å². The first-order valence-corrected chi connectivity index (χ1v) is 6.13. The van der Waals surface area contributed by atoms with E-state index < -0.39 is 0 Å². The van der Waals surface area contributed by atoms with Gasteiger partial charge in [-0.1, -0.05) is 11.6 Å². The standard InChI is InChI=1S/C14H14ClNO2/c1-8(2)18-11-4-5-13-10(6-11)7-12(9(3)17)14(15)16-13/h4-8H,1-3H3. The van der Waals surface area contributed by atoms with E-state index in [4.69, 9.17) is 16.3 Å². The molecule has 0 amide bonds. The van der Waals surface area contributed by atoms with Gasteiger partial charge in [0.05, 0.1) is 17.2 Å². The van der Waals surface area contributed by atoms with Crippen molar-refractivity contribution in [2.45, 2.75) is 26.9 Å². The minimum absolute atomic E-state index is 0.0930. The highest BCUT2D eigenvalue weighted by Crippen LogP contribution is 2.25. The Kier molecular flexibility index (Phi) is 3.53. The summed E-state index contributed by atoms with van der Waals surface area (Å²) in [6, 6.07) is 7.30. The van der Waals surface area contributed by atoms with Gasteiger partial charge in [0.2, 0.25) is 0 Å². The minimum Gasteiger partial charge on any atom is -0.491 e. The van der Waals surface area contributed by atoms with Crippen LogP contribution in [-0.2, 0) is 0 Å². The predicted molar refractivity (Wildman–Crippen MR) is 72.5 cm³/mol. The smallest absolute Gasteiger partial charge is 0.162 e. The quantitative estimate of drug-likeness (QED) is 0.623. The first kappa shape index (κ1) is 12.8. The van der Waals surface area contributed by atoms with E-state index in [2.05, 4.69) is 4.98 Å². The van der Waals surface area contributed by atoms with Crippen LogP contribution in [-0.4, -0.2) is 16.9 Å². The fraction of sp³-hybridized carbons (Fsp3) is 0.286. The SMILES string of the molecule is CC(=O)c1cc2cc(OC(C)C)ccc2nc1Cl. The van der Waals surface area contributed by atoms with Gasteiger partial charge >= 0.3 is 0 Å². The molecule has 2 rings (SSSR count). The molecular weight excluding hydrogens is 250 g/mol. The molecule has 0 radical (unpaired) electrons. The number of fused-ring (bicyclic) bond motifs is 1. The van der Waals surface area contributed by atoms with Crippen molar-refractivity contribution in [2.24, 2.45) is 0 Å². The van der Waals surface area contributed by atoms with Crippen LogP contribution in [0.15, 0.2) is 24.3 Å². The third kappa shape index (κ3) is 2.62. The topological polar surface area (TPSA) is 39.2 Å². The van der Waals surface area contributed by atoms with Gasteiger partial charge in [0.25, 0.3) is 0 Å². The molecule has 0 aliphatic heterocycles. The predicted octanol–water partition coefficient (Wildman–Crippen LogP) is 3.88. The molecule has 18 heavy (non-hydrogen) atoms. The van der Waals surface area contributed by atoms with Crippen LogP contribution in [0.25, 0.3) is 10.9 Å². The lowest BCUT2D eigenvalue weighted by molar-refractivity contribution is 0.101. The van der Waals surface area contributed by atoms with Gasteiger partial charge in [0.1, 0.15) is 10.9 Å². The maximum Gasteiger partial charge on any atom is 0.162 e. The van der Waals surface area contributed by atoms with Gasteiger partial charge in [-0.25, -0.2) is 4.98 Å². The molecular formula is C14H14ClNO2. The lowest BCUT2D eigenvalue weighted by Gasteiger charge is -2.10. The summed E-state index contributed by atoms with van der Waals surface area (Å²) in [5.74, 6) is 0.667. The molecule has 0 bridgehead atoms. The summed E-state index contributed by atoms with van der Waals surface area (Å²) in [6.07, 6.45) is 0.106. The highest BCUT2D eigenvalue weighted by molar-refractivity contribution is 6.33. The Bertz CT molecular complexity index is 608. The summed E-state index contributed by atoms with van der Waals surface area (Å²) in [7, 11) is 0. The molecule has 1 aromatic carbocycles. The van der Waals surface area contributed by atoms with Crippen molar-refractivity contribution in [3.05, 3.63) is 35.0 Å². The molecule has 0 saturated carbocycles. The molecule has 1 aromatic heterocycles. The van der Waals surface area contributed by atoms with Crippen molar-refractivity contribution in [2.75, 3.05) is 0 Å². The van der Waals surface area contributed by atoms with E-state index in [0.29, 0.717) is 5.56 Å². The highest BCUT2D eigenvalue weighted by Gasteiger charge is 2.09. The molecule has 1 heterocycles. The molecule has 0 aliphatic rings. The summed E-state index contributed by atoms with van der Waals surface area (Å²) >= 11 is 5.96. The van der Waals surface area contributed by atoms with Crippen molar-refractivity contribution in [1.82, 2.24) is 4.98 Å². The van der Waals surface area contributed by atoms with Gasteiger partial charge in [0, 0.05) is 5.39 Å². The van der Waals surface area contributed by atoms with E-state index in [1.807, 2.05) is 32.0 Å². The second kappa shape index (κ2) is 4.94. The van der Waals surface area contributed by atoms with E-state index in [1.165, 1.54) is 6.92 Å². The minimum atomic E-state index is -0.0930. The zero-order valence-electron chi connectivity index (χ0n) is 10.5. The maximum atomic E-state index is 11.4. The Morgan fingerprint density at radius 3 is 2.67 bits per heavy atom. The molecule has 4 heteroatoms. The van der Waals surface area contributed by atoms with Crippen LogP contribution in [0.5, 0.6) is 5.75 Å². The number of carbonyl (C=O) groups is 1. The van der Waals surface area contributed by atoms with Crippen LogP contribution >= 0.6 is 11.6 Å². The third-order valence-electron chi connectivity index (χ3n) is 2.49. The van der Waals surface area contributed by atoms with Crippen LogP contribution in [0.4, 0.5) is 0 Å². The van der Waals surface area contributed by atoms with Crippen LogP contribution in [0.3, 0.4) is 0 Å². The molecule has 0 fully saturated rings. The number of hydrogen-bond donors (Lipinski definition) is 0. The number of ketones is 1. The van der Waals surface area contributed by atoms with E-state index >= 15 is 0 Å². The molecule has 0 N–H and O–H groups in total. The van der Waals surface area contributed by atoms with E-state index in [-0.39, 0.29) is 17.0 Å². The zero-order chi connectivity index (χ0) is 13.3. The molecule has 0 atom stereocenters. The van der Waals surface area contributed by atoms with Gasteiger partial charge < -0.3 is 4.74 Å². The molecule has 3 nitrogen and oxygen atoms in total. The van der Waals surface area contributed by atoms with Gasteiger partial charge in [-0.2, -0.15) is 0 Å². The van der Waals surface area contributed by atoms with Crippen LogP contribution in [0, 0.1) is 0 Å². The number of hydrogen-bond acceptors (Lipinski definition) is 3. The van der Waals surface area contributed by atoms with Crippen LogP contribution in [0.2, 0.25) is 5.15 Å². The fourth-order valence-corrected chi connectivity index (χ4v) is 2.00. The van der Waals surface area contributed by atoms with Crippen molar-refractivity contribution in [3.8, 4) is 5.75 Å². The van der Waals surface area contributed by atoms with Crippen LogP contribution < -0.4 is 4.74 Å². The van der Waals surface area contributed by atoms with Crippen LogP contribution in [0.1, 0.15) is 31.1 Å². The van der Waals surface area contributed by atoms with E-state index in [9.17, 15) is 4.79 Å². The van der Waals surface area contributed by atoms with Gasteiger partial charge in [0.15, 0.2) is 5.78 Å². The van der Waals surface area contributed by atoms with Gasteiger partial charge in [-0.15, -0.1) is 0 Å². The van der Waals surface area contributed by atoms with E-state index in [0.717, 1.165) is 16.7 Å². The average Bonchev–Trinajstić information content (AvgIpc) is 2.27. The lowest BCUT2D eigenvalue weighted by Crippen LogP contribution is -2.05. The summed E-state index contributed by atoms with van der Waals surface area (Å²) in [5, 5.41) is 1.09. The Hall–Kier alpha value is -1.61. The van der Waals surface area contributed by atoms with Crippen molar-refractivity contribution in [3.63, 3.8) is 0 Å². The Morgan fingerprint density at radius 1 is 1.33 bits per heavy atom. The van der Waals surface area contributed by atoms with Crippen molar-refractivity contribution in [1.29, 1.82) is 0 Å². The summed E-state index contributed by atoms with van der Waals surface area (Å²) in [4.78, 5) is 15.6. The number of aromatic nitrogens is 1. The summed E-state index contributed by atoms with van der Waals surface area (Å²) in [6.45, 7) is 5.40. The number of Topliss-reactive ketones (excluding diaryl/α,β-unsaturated/α-hetero) is 1. The molecule has 94 valence electrons. The Morgan fingerprint density at radius 2 is 2.06 bits per heavy atom. The highest BCUT2D eigenvalue weighted by atomic mass is 35.5. The number of ether oxygens (including phenoxy) is 1. The fourth-order valence-electron chi connectivity index (χ4n) is 1.72. The van der Waals surface area contributed by atoms with E-state index in [1.54, 1.807) is 6.07 Å². The molecule has 0 spiro atoms. The Labute approximate surface area is 111 Å². The molecule has 0 saturated heterocycles. The van der Waals surface area contributed by atoms with Crippen molar-refractivity contribution < 1.29 is 9.53 Å². The summed E-state index contributed by atoms with van der Waals surface area (Å²) < 4.78 is 5.61.